The smallest absolute Gasteiger partial charge is 0.343 e. The second-order valence-corrected chi connectivity index (χ2v) is 4.11. The summed E-state index contributed by atoms with van der Waals surface area (Å²) in [5, 5.41) is 30.8. The number of benzene rings is 2. The first kappa shape index (κ1) is 14.9. The number of carbonyl (C=O) groups excluding carboxylic acids is 1. The van der Waals surface area contributed by atoms with Crippen LogP contribution in [0.4, 0.5) is 11.4 Å². The minimum Gasteiger partial charge on any atom is -0.508 e. The molecule has 0 spiro atoms. The average Bonchev–Trinajstić information content (AvgIpc) is 2.47. The summed E-state index contributed by atoms with van der Waals surface area (Å²) in [5.41, 5.74) is -1.22. The van der Waals surface area contributed by atoms with Gasteiger partial charge in [-0.2, -0.15) is 0 Å². The maximum atomic E-state index is 11.9. The summed E-state index contributed by atoms with van der Waals surface area (Å²) < 4.78 is 4.87. The molecule has 0 aromatic heterocycles. The lowest BCUT2D eigenvalue weighted by atomic mass is 10.2. The number of ether oxygens (including phenoxy) is 1. The van der Waals surface area contributed by atoms with E-state index in [2.05, 4.69) is 0 Å². The van der Waals surface area contributed by atoms with Crippen LogP contribution in [0, 0.1) is 20.2 Å². The zero-order chi connectivity index (χ0) is 16.3. The standard InChI is InChI=1S/C13H8N2O7/c16-10-3-1-2-8(6-10)13(17)22-12-5-4-9(14(18)19)7-11(12)15(20)21/h1-7,16H. The van der Waals surface area contributed by atoms with Gasteiger partial charge in [0, 0.05) is 6.07 Å². The van der Waals surface area contributed by atoms with Gasteiger partial charge in [0.05, 0.1) is 21.5 Å². The van der Waals surface area contributed by atoms with Crippen molar-refractivity contribution in [3.8, 4) is 11.5 Å². The number of carbonyl (C=O) groups is 1. The van der Waals surface area contributed by atoms with Gasteiger partial charge in [0.25, 0.3) is 5.69 Å². The summed E-state index contributed by atoms with van der Waals surface area (Å²) in [7, 11) is 0. The lowest BCUT2D eigenvalue weighted by Gasteiger charge is -2.05. The van der Waals surface area contributed by atoms with Gasteiger partial charge in [-0.3, -0.25) is 20.2 Å². The van der Waals surface area contributed by atoms with Crippen molar-refractivity contribution in [1.29, 1.82) is 0 Å². The molecular weight excluding hydrogens is 296 g/mol. The normalized spacial score (nSPS) is 10.0. The third kappa shape index (κ3) is 3.15. The van der Waals surface area contributed by atoms with E-state index >= 15 is 0 Å². The van der Waals surface area contributed by atoms with Gasteiger partial charge in [-0.05, 0) is 24.3 Å². The van der Waals surface area contributed by atoms with E-state index in [1.54, 1.807) is 0 Å². The predicted octanol–water partition coefficient (Wildman–Crippen LogP) is 2.43. The summed E-state index contributed by atoms with van der Waals surface area (Å²) in [6.45, 7) is 0. The fourth-order valence-corrected chi connectivity index (χ4v) is 1.64. The number of non-ortho nitro benzene ring substituents is 1. The average molecular weight is 304 g/mol. The highest BCUT2D eigenvalue weighted by atomic mass is 16.6. The van der Waals surface area contributed by atoms with Gasteiger partial charge >= 0.3 is 11.7 Å². The molecule has 0 unspecified atom stereocenters. The van der Waals surface area contributed by atoms with Crippen LogP contribution in [0.2, 0.25) is 0 Å². The monoisotopic (exact) mass is 304 g/mol. The van der Waals surface area contributed by atoms with Crippen molar-refractivity contribution in [3.05, 3.63) is 68.3 Å². The van der Waals surface area contributed by atoms with Crippen molar-refractivity contribution in [1.82, 2.24) is 0 Å². The maximum absolute atomic E-state index is 11.9. The Labute approximate surface area is 122 Å². The molecule has 9 nitrogen and oxygen atoms in total. The third-order valence-electron chi connectivity index (χ3n) is 2.63. The molecule has 0 atom stereocenters. The predicted molar refractivity (Wildman–Crippen MR) is 72.8 cm³/mol. The zero-order valence-electron chi connectivity index (χ0n) is 10.8. The highest BCUT2D eigenvalue weighted by Crippen LogP contribution is 2.31. The SMILES string of the molecule is O=C(Oc1ccc([N+](=O)[O-])cc1[N+](=O)[O-])c1cccc(O)c1. The molecule has 0 amide bonds. The minimum atomic E-state index is -0.937. The first-order valence-corrected chi connectivity index (χ1v) is 5.82. The van der Waals surface area contributed by atoms with Crippen LogP contribution < -0.4 is 4.74 Å². The van der Waals surface area contributed by atoms with E-state index in [1.807, 2.05) is 0 Å². The number of nitro groups is 2. The summed E-state index contributed by atoms with van der Waals surface area (Å²) in [6.07, 6.45) is 0. The second-order valence-electron chi connectivity index (χ2n) is 4.11. The van der Waals surface area contributed by atoms with E-state index in [-0.39, 0.29) is 11.3 Å². The Morgan fingerprint density at radius 1 is 1.05 bits per heavy atom. The summed E-state index contributed by atoms with van der Waals surface area (Å²) >= 11 is 0. The van der Waals surface area contributed by atoms with E-state index in [0.717, 1.165) is 18.2 Å². The second kappa shape index (κ2) is 5.87. The van der Waals surface area contributed by atoms with Crippen LogP contribution in [0.1, 0.15) is 10.4 Å². The van der Waals surface area contributed by atoms with Crippen molar-refractivity contribution < 1.29 is 24.5 Å². The lowest BCUT2D eigenvalue weighted by Crippen LogP contribution is -2.09. The number of phenolic OH excluding ortho intramolecular Hbond substituents is 1. The summed E-state index contributed by atoms with van der Waals surface area (Å²) in [6, 6.07) is 7.86. The van der Waals surface area contributed by atoms with Gasteiger partial charge in [0.1, 0.15) is 5.75 Å². The Bertz CT molecular complexity index is 773. The number of rotatable bonds is 4. The van der Waals surface area contributed by atoms with Crippen molar-refractivity contribution in [2.75, 3.05) is 0 Å². The van der Waals surface area contributed by atoms with Gasteiger partial charge in [-0.25, -0.2) is 4.79 Å². The number of nitro benzene ring substituents is 2. The number of nitrogens with zero attached hydrogens (tertiary/aromatic N) is 2. The molecular formula is C13H8N2O7. The Hall–Kier alpha value is -3.49. The molecule has 0 aliphatic rings. The number of esters is 1. The fraction of sp³-hybridized carbons (Fsp3) is 0. The van der Waals surface area contributed by atoms with E-state index in [1.165, 1.54) is 18.2 Å². The van der Waals surface area contributed by atoms with Crippen LogP contribution in [0.5, 0.6) is 11.5 Å². The van der Waals surface area contributed by atoms with Crippen molar-refractivity contribution in [3.63, 3.8) is 0 Å². The first-order chi connectivity index (χ1) is 10.4. The minimum absolute atomic E-state index is 0.0207. The lowest BCUT2D eigenvalue weighted by molar-refractivity contribution is -0.394. The Morgan fingerprint density at radius 2 is 1.77 bits per heavy atom. The van der Waals surface area contributed by atoms with Gasteiger partial charge in [-0.15, -0.1) is 0 Å². The first-order valence-electron chi connectivity index (χ1n) is 5.82. The number of hydrogen-bond acceptors (Lipinski definition) is 7. The molecule has 0 radical (unpaired) electrons. The molecule has 112 valence electrons. The third-order valence-corrected chi connectivity index (χ3v) is 2.63. The van der Waals surface area contributed by atoms with Crippen molar-refractivity contribution in [2.45, 2.75) is 0 Å². The van der Waals surface area contributed by atoms with E-state index in [4.69, 9.17) is 4.74 Å². The van der Waals surface area contributed by atoms with Crippen LogP contribution in [-0.2, 0) is 0 Å². The highest BCUT2D eigenvalue weighted by molar-refractivity contribution is 5.92. The Balaban J connectivity index is 2.34. The van der Waals surface area contributed by atoms with Gasteiger partial charge < -0.3 is 9.84 Å². The molecule has 22 heavy (non-hydrogen) atoms. The van der Waals surface area contributed by atoms with Crippen LogP contribution >= 0.6 is 0 Å². The molecule has 2 aromatic carbocycles. The fourth-order valence-electron chi connectivity index (χ4n) is 1.64. The van der Waals surface area contributed by atoms with Crippen LogP contribution in [0.25, 0.3) is 0 Å². The molecule has 1 N–H and O–H groups in total. The Kier molecular flexibility index (Phi) is 3.98. The number of hydrogen-bond donors (Lipinski definition) is 1. The highest BCUT2D eigenvalue weighted by Gasteiger charge is 2.23. The molecule has 9 heteroatoms. The molecule has 2 rings (SSSR count). The molecule has 0 saturated heterocycles. The van der Waals surface area contributed by atoms with E-state index in [9.17, 15) is 30.1 Å². The largest absolute Gasteiger partial charge is 0.508 e. The molecule has 0 heterocycles. The van der Waals surface area contributed by atoms with Crippen LogP contribution in [0.3, 0.4) is 0 Å². The maximum Gasteiger partial charge on any atom is 0.343 e. The van der Waals surface area contributed by atoms with Crippen molar-refractivity contribution in [2.24, 2.45) is 0 Å². The molecule has 0 bridgehead atoms. The molecule has 0 aliphatic heterocycles. The number of aromatic hydroxyl groups is 1. The van der Waals surface area contributed by atoms with Crippen LogP contribution in [-0.4, -0.2) is 20.9 Å². The van der Waals surface area contributed by atoms with Crippen LogP contribution in [0.15, 0.2) is 42.5 Å². The Morgan fingerprint density at radius 3 is 2.36 bits per heavy atom. The van der Waals surface area contributed by atoms with Gasteiger partial charge in [0.15, 0.2) is 0 Å². The van der Waals surface area contributed by atoms with E-state index < -0.39 is 32.9 Å². The number of phenols is 1. The van der Waals surface area contributed by atoms with Gasteiger partial charge in [0.2, 0.25) is 5.75 Å². The molecule has 0 fully saturated rings. The molecule has 0 aliphatic carbocycles. The quantitative estimate of drug-likeness (QED) is 0.397. The summed E-state index contributed by atoms with van der Waals surface area (Å²) in [4.78, 5) is 31.7. The zero-order valence-corrected chi connectivity index (χ0v) is 10.8. The van der Waals surface area contributed by atoms with E-state index in [0.29, 0.717) is 6.07 Å². The van der Waals surface area contributed by atoms with Crippen molar-refractivity contribution >= 4 is 17.3 Å². The topological polar surface area (TPSA) is 133 Å². The summed E-state index contributed by atoms with van der Waals surface area (Å²) in [5.74, 6) is -1.54. The van der Waals surface area contributed by atoms with Gasteiger partial charge in [-0.1, -0.05) is 6.07 Å². The molecule has 0 saturated carbocycles. The molecule has 2 aromatic rings.